The van der Waals surface area contributed by atoms with Crippen molar-refractivity contribution in [3.8, 4) is 0 Å². The first kappa shape index (κ1) is 16.1. The van der Waals surface area contributed by atoms with Crippen LogP contribution in [0.3, 0.4) is 0 Å². The molecule has 0 unspecified atom stereocenters. The number of amides is 1. The van der Waals surface area contributed by atoms with Gasteiger partial charge in [-0.1, -0.05) is 36.4 Å². The number of carbonyl (C=O) groups excluding carboxylic acids is 2. The van der Waals surface area contributed by atoms with E-state index in [1.54, 1.807) is 33.0 Å². The first-order valence-electron chi connectivity index (χ1n) is 7.25. The number of nitrogens with zero attached hydrogens (tertiary/aromatic N) is 1. The highest BCUT2D eigenvalue weighted by Gasteiger charge is 2.35. The largest absolute Gasteiger partial charge is 0.458 e. The SMILES string of the molecule is CC(C)(C)OC(=O)[C@@H]1CC=CN1C(=O)OCc1ccccc1. The number of ether oxygens (including phenoxy) is 2. The molecule has 1 aliphatic rings. The molecule has 1 aromatic carbocycles. The van der Waals surface area contributed by atoms with Crippen LogP contribution >= 0.6 is 0 Å². The molecule has 118 valence electrons. The van der Waals surface area contributed by atoms with Crippen molar-refractivity contribution in [1.82, 2.24) is 4.90 Å². The highest BCUT2D eigenvalue weighted by Crippen LogP contribution is 2.20. The zero-order valence-electron chi connectivity index (χ0n) is 13.1. The lowest BCUT2D eigenvalue weighted by molar-refractivity contribution is -0.159. The third-order valence-corrected chi connectivity index (χ3v) is 3.06. The van der Waals surface area contributed by atoms with E-state index in [0.29, 0.717) is 6.42 Å². The lowest BCUT2D eigenvalue weighted by Gasteiger charge is -2.26. The summed E-state index contributed by atoms with van der Waals surface area (Å²) in [6.07, 6.45) is 3.23. The Labute approximate surface area is 130 Å². The van der Waals surface area contributed by atoms with Gasteiger partial charge in [0.2, 0.25) is 0 Å². The van der Waals surface area contributed by atoms with Crippen LogP contribution in [0.4, 0.5) is 4.79 Å². The topological polar surface area (TPSA) is 55.8 Å². The monoisotopic (exact) mass is 303 g/mol. The highest BCUT2D eigenvalue weighted by atomic mass is 16.6. The number of rotatable bonds is 3. The van der Waals surface area contributed by atoms with Crippen molar-refractivity contribution in [3.63, 3.8) is 0 Å². The Kier molecular flexibility index (Phi) is 4.85. The molecule has 22 heavy (non-hydrogen) atoms. The second kappa shape index (κ2) is 6.64. The molecule has 0 spiro atoms. The van der Waals surface area contributed by atoms with Gasteiger partial charge < -0.3 is 9.47 Å². The minimum atomic E-state index is -0.650. The molecular weight excluding hydrogens is 282 g/mol. The highest BCUT2D eigenvalue weighted by molar-refractivity contribution is 5.83. The molecule has 1 aliphatic heterocycles. The summed E-state index contributed by atoms with van der Waals surface area (Å²) in [4.78, 5) is 25.6. The predicted molar refractivity (Wildman–Crippen MR) is 81.9 cm³/mol. The van der Waals surface area contributed by atoms with Crippen LogP contribution in [0.1, 0.15) is 32.8 Å². The van der Waals surface area contributed by atoms with Crippen LogP contribution in [0, 0.1) is 0 Å². The fourth-order valence-electron chi connectivity index (χ4n) is 2.08. The van der Waals surface area contributed by atoms with Crippen LogP contribution in [0.25, 0.3) is 0 Å². The molecule has 0 aromatic heterocycles. The van der Waals surface area contributed by atoms with E-state index < -0.39 is 23.7 Å². The van der Waals surface area contributed by atoms with Crippen LogP contribution < -0.4 is 0 Å². The lowest BCUT2D eigenvalue weighted by atomic mass is 10.1. The minimum absolute atomic E-state index is 0.172. The molecule has 0 aliphatic carbocycles. The summed E-state index contributed by atoms with van der Waals surface area (Å²) in [6.45, 7) is 5.56. The van der Waals surface area contributed by atoms with E-state index >= 15 is 0 Å². The van der Waals surface area contributed by atoms with Crippen molar-refractivity contribution >= 4 is 12.1 Å². The zero-order chi connectivity index (χ0) is 16.2. The smallest absolute Gasteiger partial charge is 0.414 e. The van der Waals surface area contributed by atoms with E-state index in [-0.39, 0.29) is 6.61 Å². The van der Waals surface area contributed by atoms with Gasteiger partial charge in [-0.3, -0.25) is 4.90 Å². The van der Waals surface area contributed by atoms with Crippen LogP contribution in [0.2, 0.25) is 0 Å². The van der Waals surface area contributed by atoms with Gasteiger partial charge in [0, 0.05) is 6.20 Å². The predicted octanol–water partition coefficient (Wildman–Crippen LogP) is 3.25. The van der Waals surface area contributed by atoms with Gasteiger partial charge in [-0.2, -0.15) is 0 Å². The summed E-state index contributed by atoms with van der Waals surface area (Å²) in [6, 6.07) is 8.75. The Hall–Kier alpha value is -2.30. The van der Waals surface area contributed by atoms with Crippen molar-refractivity contribution < 1.29 is 19.1 Å². The van der Waals surface area contributed by atoms with Gasteiger partial charge in [0.15, 0.2) is 0 Å². The average molecular weight is 303 g/mol. The van der Waals surface area contributed by atoms with E-state index in [2.05, 4.69) is 0 Å². The molecule has 1 amide bonds. The Morgan fingerprint density at radius 1 is 1.23 bits per heavy atom. The molecule has 0 N–H and O–H groups in total. The maximum atomic E-state index is 12.1. The third kappa shape index (κ3) is 4.35. The maximum Gasteiger partial charge on any atom is 0.414 e. The first-order valence-corrected chi connectivity index (χ1v) is 7.25. The molecule has 0 fully saturated rings. The van der Waals surface area contributed by atoms with E-state index in [9.17, 15) is 9.59 Å². The Morgan fingerprint density at radius 2 is 1.91 bits per heavy atom. The van der Waals surface area contributed by atoms with Crippen molar-refractivity contribution in [2.45, 2.75) is 45.4 Å². The standard InChI is InChI=1S/C17H21NO4/c1-17(2,3)22-15(19)14-10-7-11-18(14)16(20)21-12-13-8-5-4-6-9-13/h4-9,11,14H,10,12H2,1-3H3/t14-/m0/s1. The molecule has 0 radical (unpaired) electrons. The van der Waals surface area contributed by atoms with Gasteiger partial charge >= 0.3 is 12.1 Å². The quantitative estimate of drug-likeness (QED) is 0.804. The summed E-state index contributed by atoms with van der Waals surface area (Å²) in [5, 5.41) is 0. The minimum Gasteiger partial charge on any atom is -0.458 e. The summed E-state index contributed by atoms with van der Waals surface area (Å²) in [5.41, 5.74) is 0.312. The van der Waals surface area contributed by atoms with Crippen LogP contribution in [-0.2, 0) is 20.9 Å². The summed E-state index contributed by atoms with van der Waals surface area (Å²) in [7, 11) is 0. The Morgan fingerprint density at radius 3 is 2.55 bits per heavy atom. The van der Waals surface area contributed by atoms with Gasteiger partial charge in [0.05, 0.1) is 0 Å². The average Bonchev–Trinajstić information content (AvgIpc) is 2.93. The number of hydrogen-bond acceptors (Lipinski definition) is 4. The van der Waals surface area contributed by atoms with E-state index in [0.717, 1.165) is 5.56 Å². The molecule has 1 heterocycles. The summed E-state index contributed by atoms with van der Waals surface area (Å²) in [5.74, 6) is -0.422. The van der Waals surface area contributed by atoms with E-state index in [1.165, 1.54) is 4.90 Å². The van der Waals surface area contributed by atoms with Crippen LogP contribution in [0.15, 0.2) is 42.6 Å². The molecule has 0 saturated carbocycles. The van der Waals surface area contributed by atoms with Crippen LogP contribution in [-0.4, -0.2) is 28.6 Å². The van der Waals surface area contributed by atoms with Gasteiger partial charge in [0.25, 0.3) is 0 Å². The van der Waals surface area contributed by atoms with Crippen molar-refractivity contribution in [3.05, 3.63) is 48.2 Å². The number of hydrogen-bond donors (Lipinski definition) is 0. The molecule has 2 rings (SSSR count). The zero-order valence-corrected chi connectivity index (χ0v) is 13.1. The van der Waals surface area contributed by atoms with Gasteiger partial charge in [-0.25, -0.2) is 9.59 Å². The van der Waals surface area contributed by atoms with Gasteiger partial charge in [-0.05, 0) is 32.8 Å². The normalized spacial score (nSPS) is 17.4. The summed E-state index contributed by atoms with van der Waals surface area (Å²) >= 11 is 0. The number of esters is 1. The molecule has 1 aromatic rings. The first-order chi connectivity index (χ1) is 10.4. The Bertz CT molecular complexity index is 560. The maximum absolute atomic E-state index is 12.1. The van der Waals surface area contributed by atoms with Gasteiger partial charge in [0.1, 0.15) is 18.2 Å². The van der Waals surface area contributed by atoms with Crippen molar-refractivity contribution in [2.75, 3.05) is 0 Å². The van der Waals surface area contributed by atoms with Crippen molar-refractivity contribution in [1.29, 1.82) is 0 Å². The second-order valence-corrected chi connectivity index (χ2v) is 6.12. The Balaban J connectivity index is 1.93. The molecule has 0 saturated heterocycles. The third-order valence-electron chi connectivity index (χ3n) is 3.06. The number of carbonyl (C=O) groups is 2. The molecular formula is C17H21NO4. The molecule has 5 heteroatoms. The fourth-order valence-corrected chi connectivity index (χ4v) is 2.08. The lowest BCUT2D eigenvalue weighted by Crippen LogP contribution is -2.42. The van der Waals surface area contributed by atoms with E-state index in [1.807, 2.05) is 30.3 Å². The van der Waals surface area contributed by atoms with Crippen LogP contribution in [0.5, 0.6) is 0 Å². The molecule has 1 atom stereocenters. The van der Waals surface area contributed by atoms with Crippen molar-refractivity contribution in [2.24, 2.45) is 0 Å². The second-order valence-electron chi connectivity index (χ2n) is 6.12. The number of benzene rings is 1. The van der Waals surface area contributed by atoms with E-state index in [4.69, 9.17) is 9.47 Å². The summed E-state index contributed by atoms with van der Waals surface area (Å²) < 4.78 is 10.6. The van der Waals surface area contributed by atoms with Gasteiger partial charge in [-0.15, -0.1) is 0 Å². The fraction of sp³-hybridized carbons (Fsp3) is 0.412. The molecule has 5 nitrogen and oxygen atoms in total. The molecule has 0 bridgehead atoms.